The molecular weight excluding hydrogens is 262 g/mol. The van der Waals surface area contributed by atoms with Gasteiger partial charge in [0.1, 0.15) is 11.6 Å². The van der Waals surface area contributed by atoms with Crippen LogP contribution < -0.4 is 15.8 Å². The summed E-state index contributed by atoms with van der Waals surface area (Å²) in [6.07, 6.45) is 0.638. The van der Waals surface area contributed by atoms with Crippen LogP contribution in [0.3, 0.4) is 0 Å². The number of pyridine rings is 1. The number of methoxy groups -OCH3 is 1. The Labute approximate surface area is 113 Å². The summed E-state index contributed by atoms with van der Waals surface area (Å²) in [7, 11) is 1.50. The van der Waals surface area contributed by atoms with Gasteiger partial charge in [0.2, 0.25) is 23.6 Å². The largest absolute Gasteiger partial charge is 0.481 e. The average molecular weight is 275 g/mol. The number of aromatic nitrogens is 3. The lowest BCUT2D eigenvalue weighted by Gasteiger charge is -2.22. The molecule has 3 heterocycles. The van der Waals surface area contributed by atoms with Crippen molar-refractivity contribution in [3.63, 3.8) is 0 Å². The lowest BCUT2D eigenvalue weighted by Crippen LogP contribution is -2.42. The number of nitrogens with zero attached hydrogens (tertiary/aromatic N) is 3. The number of imidazole rings is 1. The fourth-order valence-corrected chi connectivity index (χ4v) is 2.32. The summed E-state index contributed by atoms with van der Waals surface area (Å²) < 4.78 is 6.61. The van der Waals surface area contributed by atoms with Gasteiger partial charge in [0.15, 0.2) is 5.65 Å². The number of imide groups is 1. The van der Waals surface area contributed by atoms with Crippen molar-refractivity contribution in [1.82, 2.24) is 19.9 Å². The Morgan fingerprint density at radius 3 is 2.90 bits per heavy atom. The molecule has 0 aliphatic carbocycles. The van der Waals surface area contributed by atoms with Gasteiger partial charge in [-0.05, 0) is 12.5 Å². The standard InChI is InChI=1S/C12H13N5O3/c1-20-9-5-2-6-10(16-9)17(12(13)14-6)7-3-4-8(18)15-11(7)19/h2,5,7H,3-4H2,1H3,(H2,13,14)(H,15,18,19). The maximum absolute atomic E-state index is 12.0. The number of carbonyl (C=O) groups is 2. The van der Waals surface area contributed by atoms with Crippen LogP contribution in [0, 0.1) is 0 Å². The second kappa shape index (κ2) is 4.48. The third kappa shape index (κ3) is 1.85. The molecule has 20 heavy (non-hydrogen) atoms. The van der Waals surface area contributed by atoms with Crippen molar-refractivity contribution in [1.29, 1.82) is 0 Å². The van der Waals surface area contributed by atoms with E-state index in [4.69, 9.17) is 10.5 Å². The van der Waals surface area contributed by atoms with Crippen LogP contribution in [0.1, 0.15) is 18.9 Å². The van der Waals surface area contributed by atoms with Crippen LogP contribution >= 0.6 is 0 Å². The Kier molecular flexibility index (Phi) is 2.78. The van der Waals surface area contributed by atoms with E-state index in [1.807, 2.05) is 0 Å². The van der Waals surface area contributed by atoms with Crippen molar-refractivity contribution in [3.05, 3.63) is 12.1 Å². The first-order valence-electron chi connectivity index (χ1n) is 6.12. The molecule has 104 valence electrons. The van der Waals surface area contributed by atoms with Gasteiger partial charge in [-0.25, -0.2) is 4.98 Å². The van der Waals surface area contributed by atoms with E-state index in [-0.39, 0.29) is 18.3 Å². The Balaban J connectivity index is 2.12. The van der Waals surface area contributed by atoms with Crippen LogP contribution in [0.5, 0.6) is 5.88 Å². The molecule has 2 aromatic heterocycles. The quantitative estimate of drug-likeness (QED) is 0.746. The lowest BCUT2D eigenvalue weighted by atomic mass is 10.1. The highest BCUT2D eigenvalue weighted by atomic mass is 16.5. The minimum atomic E-state index is -0.586. The van der Waals surface area contributed by atoms with Crippen molar-refractivity contribution < 1.29 is 14.3 Å². The molecule has 0 saturated carbocycles. The summed E-state index contributed by atoms with van der Waals surface area (Å²) in [5.41, 5.74) is 6.92. The van der Waals surface area contributed by atoms with Gasteiger partial charge in [0.05, 0.1) is 7.11 Å². The number of ether oxygens (including phenoxy) is 1. The number of anilines is 1. The van der Waals surface area contributed by atoms with Crippen molar-refractivity contribution in [2.75, 3.05) is 12.8 Å². The molecular formula is C12H13N5O3. The molecule has 8 nitrogen and oxygen atoms in total. The molecule has 1 aliphatic heterocycles. The smallest absolute Gasteiger partial charge is 0.249 e. The van der Waals surface area contributed by atoms with Gasteiger partial charge in [-0.15, -0.1) is 0 Å². The van der Waals surface area contributed by atoms with E-state index in [1.165, 1.54) is 7.11 Å². The van der Waals surface area contributed by atoms with Gasteiger partial charge >= 0.3 is 0 Å². The van der Waals surface area contributed by atoms with Gasteiger partial charge in [-0.1, -0.05) is 0 Å². The maximum atomic E-state index is 12.0. The van der Waals surface area contributed by atoms with Crippen LogP contribution in [-0.2, 0) is 9.59 Å². The van der Waals surface area contributed by atoms with Gasteiger partial charge in [-0.3, -0.25) is 19.5 Å². The third-order valence-electron chi connectivity index (χ3n) is 3.27. The highest BCUT2D eigenvalue weighted by Gasteiger charge is 2.31. The molecule has 0 spiro atoms. The second-order valence-electron chi connectivity index (χ2n) is 4.50. The topological polar surface area (TPSA) is 112 Å². The normalized spacial score (nSPS) is 19.1. The average Bonchev–Trinajstić information content (AvgIpc) is 2.74. The first-order chi connectivity index (χ1) is 9.60. The summed E-state index contributed by atoms with van der Waals surface area (Å²) in [4.78, 5) is 31.6. The second-order valence-corrected chi connectivity index (χ2v) is 4.50. The molecule has 0 bridgehead atoms. The predicted molar refractivity (Wildman–Crippen MR) is 69.9 cm³/mol. The third-order valence-corrected chi connectivity index (χ3v) is 3.27. The number of rotatable bonds is 2. The van der Waals surface area contributed by atoms with Gasteiger partial charge in [0.25, 0.3) is 0 Å². The first-order valence-corrected chi connectivity index (χ1v) is 6.12. The van der Waals surface area contributed by atoms with E-state index in [2.05, 4.69) is 15.3 Å². The summed E-state index contributed by atoms with van der Waals surface area (Å²) >= 11 is 0. The van der Waals surface area contributed by atoms with Crippen molar-refractivity contribution in [2.45, 2.75) is 18.9 Å². The minimum Gasteiger partial charge on any atom is -0.481 e. The van der Waals surface area contributed by atoms with E-state index in [9.17, 15) is 9.59 Å². The number of fused-ring (bicyclic) bond motifs is 1. The fraction of sp³-hybridized carbons (Fsp3) is 0.333. The molecule has 1 atom stereocenters. The molecule has 2 aromatic rings. The zero-order valence-corrected chi connectivity index (χ0v) is 10.8. The van der Waals surface area contributed by atoms with E-state index >= 15 is 0 Å². The molecule has 3 rings (SSSR count). The van der Waals surface area contributed by atoms with Crippen LogP contribution in [0.25, 0.3) is 11.2 Å². The molecule has 1 saturated heterocycles. The molecule has 1 unspecified atom stereocenters. The van der Waals surface area contributed by atoms with Gasteiger partial charge < -0.3 is 10.5 Å². The zero-order valence-electron chi connectivity index (χ0n) is 10.8. The number of nitrogens with one attached hydrogen (secondary N) is 1. The van der Waals surface area contributed by atoms with E-state index in [0.717, 1.165) is 0 Å². The zero-order chi connectivity index (χ0) is 14.3. The molecule has 1 fully saturated rings. The number of amides is 2. The number of piperidine rings is 1. The number of hydrogen-bond acceptors (Lipinski definition) is 6. The van der Waals surface area contributed by atoms with Crippen LogP contribution in [0.15, 0.2) is 12.1 Å². The van der Waals surface area contributed by atoms with Gasteiger partial charge in [-0.2, -0.15) is 4.98 Å². The van der Waals surface area contributed by atoms with Crippen LogP contribution in [0.4, 0.5) is 5.95 Å². The summed E-state index contributed by atoms with van der Waals surface area (Å²) in [6, 6.07) is 2.81. The fourth-order valence-electron chi connectivity index (χ4n) is 2.32. The number of nitrogen functional groups attached to an aromatic ring is 1. The SMILES string of the molecule is COc1ccc2nc(N)n(C3CCC(=O)NC3=O)c2n1. The number of hydrogen-bond donors (Lipinski definition) is 2. The molecule has 2 amide bonds. The summed E-state index contributed by atoms with van der Waals surface area (Å²) in [5.74, 6) is -0.0714. The summed E-state index contributed by atoms with van der Waals surface area (Å²) in [5, 5.41) is 2.30. The Bertz CT molecular complexity index is 708. The highest BCUT2D eigenvalue weighted by Crippen LogP contribution is 2.27. The minimum absolute atomic E-state index is 0.190. The van der Waals surface area contributed by atoms with Crippen LogP contribution in [-0.4, -0.2) is 33.5 Å². The maximum Gasteiger partial charge on any atom is 0.249 e. The lowest BCUT2D eigenvalue weighted by molar-refractivity contribution is -0.135. The Hall–Kier alpha value is -2.64. The Morgan fingerprint density at radius 2 is 2.20 bits per heavy atom. The number of nitrogens with two attached hydrogens (primary N) is 1. The predicted octanol–water partition coefficient (Wildman–Crippen LogP) is -0.000200. The monoisotopic (exact) mass is 275 g/mol. The molecule has 0 aromatic carbocycles. The molecule has 1 aliphatic rings. The van der Waals surface area contributed by atoms with E-state index in [1.54, 1.807) is 16.7 Å². The van der Waals surface area contributed by atoms with Gasteiger partial charge in [0, 0.05) is 12.5 Å². The van der Waals surface area contributed by atoms with Crippen molar-refractivity contribution in [2.24, 2.45) is 0 Å². The van der Waals surface area contributed by atoms with Crippen molar-refractivity contribution in [3.8, 4) is 5.88 Å². The van der Waals surface area contributed by atoms with Crippen LogP contribution in [0.2, 0.25) is 0 Å². The molecule has 0 radical (unpaired) electrons. The first kappa shape index (κ1) is 12.4. The molecule has 3 N–H and O–H groups in total. The Morgan fingerprint density at radius 1 is 1.40 bits per heavy atom. The summed E-state index contributed by atoms with van der Waals surface area (Å²) in [6.45, 7) is 0. The van der Waals surface area contributed by atoms with E-state index < -0.39 is 11.9 Å². The number of carbonyl (C=O) groups excluding carboxylic acids is 2. The molecule has 8 heteroatoms. The van der Waals surface area contributed by atoms with Crippen molar-refractivity contribution >= 4 is 28.9 Å². The van der Waals surface area contributed by atoms with E-state index in [0.29, 0.717) is 23.5 Å². The highest BCUT2D eigenvalue weighted by molar-refractivity contribution is 6.00.